The van der Waals surface area contributed by atoms with Crippen LogP contribution in [0.5, 0.6) is 0 Å². The summed E-state index contributed by atoms with van der Waals surface area (Å²) in [6.45, 7) is 7.21. The summed E-state index contributed by atoms with van der Waals surface area (Å²) in [4.78, 5) is 24.4. The Balaban J connectivity index is 2.34. The van der Waals surface area contributed by atoms with E-state index in [1.165, 1.54) is 0 Å². The first-order valence-corrected chi connectivity index (χ1v) is 6.66. The number of carboxylic acids is 1. The van der Waals surface area contributed by atoms with Crippen molar-refractivity contribution >= 4 is 12.0 Å². The van der Waals surface area contributed by atoms with Gasteiger partial charge in [-0.1, -0.05) is 20.8 Å². The number of urea groups is 1. The minimum Gasteiger partial charge on any atom is -0.481 e. The molecule has 0 heterocycles. The third-order valence-corrected chi connectivity index (χ3v) is 2.94. The van der Waals surface area contributed by atoms with E-state index < -0.39 is 5.97 Å². The van der Waals surface area contributed by atoms with Crippen molar-refractivity contribution < 1.29 is 14.7 Å². The Kier molecular flexibility index (Phi) is 5.44. The van der Waals surface area contributed by atoms with Crippen molar-refractivity contribution in [1.29, 1.82) is 0 Å². The average molecular weight is 256 g/mol. The molecule has 0 aromatic rings. The first kappa shape index (κ1) is 14.8. The second kappa shape index (κ2) is 6.61. The molecule has 0 radical (unpaired) electrons. The third-order valence-electron chi connectivity index (χ3n) is 2.94. The van der Waals surface area contributed by atoms with Crippen molar-refractivity contribution in [1.82, 2.24) is 10.2 Å². The lowest BCUT2D eigenvalue weighted by Gasteiger charge is -2.25. The maximum Gasteiger partial charge on any atom is 0.317 e. The standard InChI is InChI=1S/C13H24N2O3/c1-9(2)8-15(11-4-5-11)13(18)14-7-10(3)6-12(16)17/h9-11H,4-8H2,1-3H3,(H,14,18)(H,16,17). The summed E-state index contributed by atoms with van der Waals surface area (Å²) in [5.41, 5.74) is 0. The fraction of sp³-hybridized carbons (Fsp3) is 0.846. The highest BCUT2D eigenvalue weighted by atomic mass is 16.4. The van der Waals surface area contributed by atoms with Crippen molar-refractivity contribution in [3.63, 3.8) is 0 Å². The molecule has 0 aromatic heterocycles. The van der Waals surface area contributed by atoms with Gasteiger partial charge in [-0.25, -0.2) is 4.79 Å². The zero-order valence-corrected chi connectivity index (χ0v) is 11.5. The lowest BCUT2D eigenvalue weighted by atomic mass is 10.1. The molecule has 5 heteroatoms. The number of carbonyl (C=O) groups excluding carboxylic acids is 1. The molecule has 1 saturated carbocycles. The van der Waals surface area contributed by atoms with Crippen molar-refractivity contribution in [3.8, 4) is 0 Å². The summed E-state index contributed by atoms with van der Waals surface area (Å²) in [6, 6.07) is 0.339. The minimum absolute atomic E-state index is 0.0356. The van der Waals surface area contributed by atoms with Crippen molar-refractivity contribution in [2.45, 2.75) is 46.1 Å². The summed E-state index contributed by atoms with van der Waals surface area (Å²) >= 11 is 0. The number of nitrogens with one attached hydrogen (secondary N) is 1. The fourth-order valence-corrected chi connectivity index (χ4v) is 1.91. The zero-order valence-electron chi connectivity index (χ0n) is 11.5. The number of aliphatic carboxylic acids is 1. The van der Waals surface area contributed by atoms with Gasteiger partial charge in [0.2, 0.25) is 0 Å². The molecule has 1 aliphatic carbocycles. The smallest absolute Gasteiger partial charge is 0.317 e. The van der Waals surface area contributed by atoms with Gasteiger partial charge in [-0.2, -0.15) is 0 Å². The van der Waals surface area contributed by atoms with Crippen LogP contribution in [-0.2, 0) is 4.79 Å². The van der Waals surface area contributed by atoms with Crippen LogP contribution in [0.15, 0.2) is 0 Å². The molecule has 0 aromatic carbocycles. The molecule has 18 heavy (non-hydrogen) atoms. The Bertz CT molecular complexity index is 301. The third kappa shape index (κ3) is 5.38. The first-order valence-electron chi connectivity index (χ1n) is 6.66. The van der Waals surface area contributed by atoms with Gasteiger partial charge in [-0.3, -0.25) is 4.79 Å². The minimum atomic E-state index is -0.821. The molecule has 1 atom stereocenters. The van der Waals surface area contributed by atoms with Gasteiger partial charge >= 0.3 is 12.0 Å². The molecule has 1 aliphatic rings. The van der Waals surface area contributed by atoms with Gasteiger partial charge in [0, 0.05) is 25.6 Å². The van der Waals surface area contributed by atoms with Gasteiger partial charge in [-0.15, -0.1) is 0 Å². The molecule has 0 saturated heterocycles. The van der Waals surface area contributed by atoms with Gasteiger partial charge in [0.15, 0.2) is 0 Å². The summed E-state index contributed by atoms with van der Waals surface area (Å²) in [6.07, 6.45) is 2.27. The maximum atomic E-state index is 12.0. The highest BCUT2D eigenvalue weighted by Crippen LogP contribution is 2.27. The van der Waals surface area contributed by atoms with E-state index in [2.05, 4.69) is 19.2 Å². The first-order chi connectivity index (χ1) is 8.40. The summed E-state index contributed by atoms with van der Waals surface area (Å²) in [7, 11) is 0. The summed E-state index contributed by atoms with van der Waals surface area (Å²) < 4.78 is 0. The molecule has 1 rings (SSSR count). The van der Waals surface area contributed by atoms with Crippen molar-refractivity contribution in [2.24, 2.45) is 11.8 Å². The largest absolute Gasteiger partial charge is 0.481 e. The number of carboxylic acid groups (broad SMARTS) is 1. The molecule has 1 fully saturated rings. The van der Waals surface area contributed by atoms with Crippen LogP contribution in [0.25, 0.3) is 0 Å². The van der Waals surface area contributed by atoms with Gasteiger partial charge in [0.05, 0.1) is 0 Å². The molecule has 2 amide bonds. The number of hydrogen-bond acceptors (Lipinski definition) is 2. The van der Waals surface area contributed by atoms with E-state index >= 15 is 0 Å². The van der Waals surface area contributed by atoms with Gasteiger partial charge < -0.3 is 15.3 Å². The van der Waals surface area contributed by atoms with E-state index in [1.54, 1.807) is 0 Å². The molecule has 5 nitrogen and oxygen atoms in total. The number of carbonyl (C=O) groups is 2. The summed E-state index contributed by atoms with van der Waals surface area (Å²) in [5, 5.41) is 11.5. The highest BCUT2D eigenvalue weighted by Gasteiger charge is 2.32. The fourth-order valence-electron chi connectivity index (χ4n) is 1.91. The number of rotatable bonds is 7. The topological polar surface area (TPSA) is 69.6 Å². The van der Waals surface area contributed by atoms with Gasteiger partial charge in [-0.05, 0) is 24.7 Å². The second-order valence-corrected chi connectivity index (χ2v) is 5.67. The molecule has 1 unspecified atom stereocenters. The molecule has 0 bridgehead atoms. The highest BCUT2D eigenvalue weighted by molar-refractivity contribution is 5.75. The molecule has 2 N–H and O–H groups in total. The quantitative estimate of drug-likeness (QED) is 0.731. The van der Waals surface area contributed by atoms with E-state index in [4.69, 9.17) is 5.11 Å². The van der Waals surface area contributed by atoms with Crippen LogP contribution < -0.4 is 5.32 Å². The monoisotopic (exact) mass is 256 g/mol. The van der Waals surface area contributed by atoms with Crippen molar-refractivity contribution in [3.05, 3.63) is 0 Å². The Morgan fingerprint density at radius 1 is 1.33 bits per heavy atom. The average Bonchev–Trinajstić information content (AvgIpc) is 3.05. The van der Waals surface area contributed by atoms with Gasteiger partial charge in [0.25, 0.3) is 0 Å². The lowest BCUT2D eigenvalue weighted by molar-refractivity contribution is -0.137. The Morgan fingerprint density at radius 2 is 1.94 bits per heavy atom. The molecular weight excluding hydrogens is 232 g/mol. The Hall–Kier alpha value is -1.26. The molecule has 104 valence electrons. The van der Waals surface area contributed by atoms with E-state index in [-0.39, 0.29) is 18.4 Å². The van der Waals surface area contributed by atoms with Crippen LogP contribution in [0, 0.1) is 11.8 Å². The van der Waals surface area contributed by atoms with Crippen LogP contribution in [0.3, 0.4) is 0 Å². The zero-order chi connectivity index (χ0) is 13.7. The van der Waals surface area contributed by atoms with E-state index in [1.807, 2.05) is 11.8 Å². The number of hydrogen-bond donors (Lipinski definition) is 2. The molecule has 0 spiro atoms. The van der Waals surface area contributed by atoms with Crippen LogP contribution >= 0.6 is 0 Å². The Morgan fingerprint density at radius 3 is 2.39 bits per heavy atom. The van der Waals surface area contributed by atoms with Crippen LogP contribution in [0.1, 0.15) is 40.0 Å². The predicted molar refractivity (Wildman–Crippen MR) is 69.4 cm³/mol. The SMILES string of the molecule is CC(C)CN(C(=O)NCC(C)CC(=O)O)C1CC1. The van der Waals surface area contributed by atoms with Crippen LogP contribution in [0.4, 0.5) is 4.79 Å². The summed E-state index contributed by atoms with van der Waals surface area (Å²) in [5.74, 6) is -0.405. The predicted octanol–water partition coefficient (Wildman–Crippen LogP) is 1.93. The van der Waals surface area contributed by atoms with Crippen LogP contribution in [-0.4, -0.2) is 41.1 Å². The normalized spacial score (nSPS) is 16.4. The van der Waals surface area contributed by atoms with Crippen molar-refractivity contribution in [2.75, 3.05) is 13.1 Å². The van der Waals surface area contributed by atoms with Gasteiger partial charge in [0.1, 0.15) is 0 Å². The number of amides is 2. The molecular formula is C13H24N2O3. The number of nitrogens with zero attached hydrogens (tertiary/aromatic N) is 1. The Labute approximate surface area is 109 Å². The van der Waals surface area contributed by atoms with Crippen LogP contribution in [0.2, 0.25) is 0 Å². The maximum absolute atomic E-state index is 12.0. The second-order valence-electron chi connectivity index (χ2n) is 5.67. The van der Waals surface area contributed by atoms with E-state index in [0.29, 0.717) is 18.5 Å². The van der Waals surface area contributed by atoms with E-state index in [0.717, 1.165) is 19.4 Å². The van der Waals surface area contributed by atoms with E-state index in [9.17, 15) is 9.59 Å². The lowest BCUT2D eigenvalue weighted by Crippen LogP contribution is -2.44. The molecule has 0 aliphatic heterocycles.